The molecule has 1 atom stereocenters. The van der Waals surface area contributed by atoms with Crippen molar-refractivity contribution >= 4 is 27.5 Å². The van der Waals surface area contributed by atoms with Crippen LogP contribution in [0.3, 0.4) is 0 Å². The molecule has 1 amide bonds. The van der Waals surface area contributed by atoms with Crippen molar-refractivity contribution in [3.8, 4) is 11.5 Å². The summed E-state index contributed by atoms with van der Waals surface area (Å²) in [5.41, 5.74) is 1.05. The first-order chi connectivity index (χ1) is 11.2. The highest BCUT2D eigenvalue weighted by atomic mass is 32.1. The van der Waals surface area contributed by atoms with Crippen molar-refractivity contribution in [1.29, 1.82) is 0 Å². The van der Waals surface area contributed by atoms with Gasteiger partial charge in [-0.05, 0) is 24.3 Å². The van der Waals surface area contributed by atoms with Gasteiger partial charge >= 0.3 is 0 Å². The molecule has 1 aromatic heterocycles. The van der Waals surface area contributed by atoms with Gasteiger partial charge in [-0.3, -0.25) is 4.79 Å². The number of thiazole rings is 1. The Bertz CT molecular complexity index is 958. The van der Waals surface area contributed by atoms with Crippen molar-refractivity contribution in [3.63, 3.8) is 0 Å². The molecule has 3 aromatic rings. The molecular weight excluding hydrogens is 312 g/mol. The summed E-state index contributed by atoms with van der Waals surface area (Å²) in [6.45, 7) is 0.175. The Morgan fingerprint density at radius 2 is 1.91 bits per heavy atom. The molecule has 6 heteroatoms. The van der Waals surface area contributed by atoms with Crippen molar-refractivity contribution in [2.45, 2.75) is 6.10 Å². The van der Waals surface area contributed by atoms with Gasteiger partial charge in [-0.25, -0.2) is 0 Å². The van der Waals surface area contributed by atoms with Crippen molar-refractivity contribution in [3.05, 3.63) is 53.3 Å². The topological polar surface area (TPSA) is 52.8 Å². The molecule has 0 bridgehead atoms. The number of aromatic nitrogens is 1. The number of amides is 1. The minimum atomic E-state index is -0.713. The van der Waals surface area contributed by atoms with Crippen LogP contribution in [0.4, 0.5) is 0 Å². The number of hydrogen-bond acceptors (Lipinski definition) is 4. The lowest BCUT2D eigenvalue weighted by molar-refractivity contribution is -0.127. The fourth-order valence-electron chi connectivity index (χ4n) is 2.50. The normalized spacial score (nSPS) is 17.4. The number of ether oxygens (including phenoxy) is 2. The van der Waals surface area contributed by atoms with E-state index in [0.717, 1.165) is 10.2 Å². The predicted octanol–water partition coefficient (Wildman–Crippen LogP) is 2.51. The third-order valence-corrected chi connectivity index (χ3v) is 4.82. The largest absolute Gasteiger partial charge is 0.485 e. The number of carbonyl (C=O) groups is 1. The van der Waals surface area contributed by atoms with Crippen LogP contribution < -0.4 is 14.3 Å². The monoisotopic (exact) mass is 326 g/mol. The van der Waals surface area contributed by atoms with Crippen LogP contribution in [0.15, 0.2) is 53.5 Å². The second-order valence-electron chi connectivity index (χ2n) is 5.23. The maximum atomic E-state index is 12.4. The number of nitrogens with zero attached hydrogens (tertiary/aromatic N) is 2. The van der Waals surface area contributed by atoms with Crippen molar-refractivity contribution < 1.29 is 14.3 Å². The maximum Gasteiger partial charge on any atom is 0.292 e. The van der Waals surface area contributed by atoms with E-state index in [1.807, 2.05) is 54.1 Å². The summed E-state index contributed by atoms with van der Waals surface area (Å²) in [4.78, 5) is 17.3. The summed E-state index contributed by atoms with van der Waals surface area (Å²) in [7, 11) is 1.90. The van der Waals surface area contributed by atoms with Gasteiger partial charge in [0.05, 0.1) is 10.2 Å². The van der Waals surface area contributed by atoms with Gasteiger partial charge in [0.1, 0.15) is 6.61 Å². The highest BCUT2D eigenvalue weighted by Gasteiger charge is 2.27. The van der Waals surface area contributed by atoms with Gasteiger partial charge in [0.2, 0.25) is 6.10 Å². The van der Waals surface area contributed by atoms with E-state index in [4.69, 9.17) is 9.47 Å². The average molecular weight is 326 g/mol. The fraction of sp³-hybridized carbons (Fsp3) is 0.176. The minimum absolute atomic E-state index is 0.175. The number of fused-ring (bicyclic) bond motifs is 2. The van der Waals surface area contributed by atoms with E-state index in [1.54, 1.807) is 6.07 Å². The summed E-state index contributed by atoms with van der Waals surface area (Å²) in [5.74, 6) is 0.902. The van der Waals surface area contributed by atoms with Gasteiger partial charge in [-0.2, -0.15) is 4.99 Å². The summed E-state index contributed by atoms with van der Waals surface area (Å²) in [6, 6.07) is 15.3. The molecule has 0 unspecified atom stereocenters. The highest BCUT2D eigenvalue weighted by Crippen LogP contribution is 2.31. The van der Waals surface area contributed by atoms with Crippen LogP contribution in [0.2, 0.25) is 0 Å². The lowest BCUT2D eigenvalue weighted by Gasteiger charge is -2.23. The Hall–Kier alpha value is -2.60. The van der Waals surface area contributed by atoms with Crippen LogP contribution in [0.5, 0.6) is 11.5 Å². The van der Waals surface area contributed by atoms with E-state index >= 15 is 0 Å². The van der Waals surface area contributed by atoms with Crippen molar-refractivity contribution in [1.82, 2.24) is 4.57 Å². The van der Waals surface area contributed by atoms with Crippen LogP contribution in [-0.4, -0.2) is 23.2 Å². The standard InChI is InChI=1S/C17H14N2O3S/c1-19-11-6-2-5-9-15(11)23-17(19)18-16(20)14-10-21-12-7-3-4-8-13(12)22-14/h2-9,14H,10H2,1H3/t14-/m1/s1. The molecule has 0 saturated carbocycles. The van der Waals surface area contributed by atoms with Gasteiger partial charge in [0, 0.05) is 7.05 Å². The van der Waals surface area contributed by atoms with E-state index in [-0.39, 0.29) is 12.5 Å². The number of carbonyl (C=O) groups excluding carboxylic acids is 1. The smallest absolute Gasteiger partial charge is 0.292 e. The van der Waals surface area contributed by atoms with Crippen molar-refractivity contribution in [2.75, 3.05) is 6.61 Å². The summed E-state index contributed by atoms with van der Waals surface area (Å²) in [5, 5.41) is 0. The molecule has 116 valence electrons. The zero-order chi connectivity index (χ0) is 15.8. The zero-order valence-electron chi connectivity index (χ0n) is 12.4. The van der Waals surface area contributed by atoms with Crippen LogP contribution in [-0.2, 0) is 11.8 Å². The quantitative estimate of drug-likeness (QED) is 0.690. The third kappa shape index (κ3) is 2.51. The molecule has 5 nitrogen and oxygen atoms in total. The predicted molar refractivity (Wildman–Crippen MR) is 87.7 cm³/mol. The maximum absolute atomic E-state index is 12.4. The molecule has 1 aliphatic rings. The Balaban J connectivity index is 1.66. The van der Waals surface area contributed by atoms with Crippen LogP contribution in [0, 0.1) is 0 Å². The lowest BCUT2D eigenvalue weighted by atomic mass is 10.2. The first-order valence-corrected chi connectivity index (χ1v) is 8.05. The molecule has 0 fully saturated rings. The molecule has 0 saturated heterocycles. The van der Waals surface area contributed by atoms with E-state index in [9.17, 15) is 4.79 Å². The number of benzene rings is 2. The first kappa shape index (κ1) is 14.0. The molecule has 4 rings (SSSR count). The number of para-hydroxylation sites is 3. The summed E-state index contributed by atoms with van der Waals surface area (Å²) in [6.07, 6.45) is -0.713. The first-order valence-electron chi connectivity index (χ1n) is 7.24. The van der Waals surface area contributed by atoms with E-state index < -0.39 is 6.10 Å². The Morgan fingerprint density at radius 1 is 1.17 bits per heavy atom. The van der Waals surface area contributed by atoms with Gasteiger partial charge in [-0.15, -0.1) is 0 Å². The van der Waals surface area contributed by atoms with Gasteiger partial charge in [-0.1, -0.05) is 35.6 Å². The SMILES string of the molecule is Cn1c(=NC(=O)[C@H]2COc3ccccc3O2)sc2ccccc21. The van der Waals surface area contributed by atoms with Crippen LogP contribution in [0.25, 0.3) is 10.2 Å². The highest BCUT2D eigenvalue weighted by molar-refractivity contribution is 7.16. The van der Waals surface area contributed by atoms with Crippen LogP contribution in [0.1, 0.15) is 0 Å². The van der Waals surface area contributed by atoms with Crippen molar-refractivity contribution in [2.24, 2.45) is 12.0 Å². The van der Waals surface area contributed by atoms with E-state index in [1.165, 1.54) is 11.3 Å². The van der Waals surface area contributed by atoms with Gasteiger partial charge in [0.15, 0.2) is 16.3 Å². The Morgan fingerprint density at radius 3 is 2.74 bits per heavy atom. The van der Waals surface area contributed by atoms with Crippen LogP contribution >= 0.6 is 11.3 Å². The molecule has 0 spiro atoms. The molecule has 2 aromatic carbocycles. The summed E-state index contributed by atoms with van der Waals surface area (Å²) < 4.78 is 14.3. The minimum Gasteiger partial charge on any atom is -0.485 e. The summed E-state index contributed by atoms with van der Waals surface area (Å²) >= 11 is 1.48. The third-order valence-electron chi connectivity index (χ3n) is 3.70. The second kappa shape index (κ2) is 5.55. The number of aryl methyl sites for hydroxylation is 1. The fourth-order valence-corrected chi connectivity index (χ4v) is 3.52. The second-order valence-corrected chi connectivity index (χ2v) is 6.23. The molecule has 1 aliphatic heterocycles. The number of hydrogen-bond donors (Lipinski definition) is 0. The molecule has 0 radical (unpaired) electrons. The Labute approximate surface area is 136 Å². The molecular formula is C17H14N2O3S. The van der Waals surface area contributed by atoms with E-state index in [0.29, 0.717) is 16.3 Å². The van der Waals surface area contributed by atoms with Gasteiger partial charge in [0.25, 0.3) is 5.91 Å². The molecule has 0 N–H and O–H groups in total. The molecule has 0 aliphatic carbocycles. The average Bonchev–Trinajstić information content (AvgIpc) is 2.91. The number of rotatable bonds is 1. The van der Waals surface area contributed by atoms with Gasteiger partial charge < -0.3 is 14.0 Å². The molecule has 2 heterocycles. The molecule has 23 heavy (non-hydrogen) atoms. The lowest BCUT2D eigenvalue weighted by Crippen LogP contribution is -2.36. The zero-order valence-corrected chi connectivity index (χ0v) is 13.2. The van der Waals surface area contributed by atoms with E-state index in [2.05, 4.69) is 4.99 Å². The Kier molecular flexibility index (Phi) is 3.38.